The molecule has 1 saturated heterocycles. The summed E-state index contributed by atoms with van der Waals surface area (Å²) >= 11 is 1.93. The van der Waals surface area contributed by atoms with Crippen molar-refractivity contribution in [1.82, 2.24) is 4.90 Å². The summed E-state index contributed by atoms with van der Waals surface area (Å²) in [6, 6.07) is 6.43. The Morgan fingerprint density at radius 1 is 1.43 bits per heavy atom. The van der Waals surface area contributed by atoms with Crippen LogP contribution in [0, 0.1) is 5.82 Å². The molecule has 4 nitrogen and oxygen atoms in total. The summed E-state index contributed by atoms with van der Waals surface area (Å²) in [6.07, 6.45) is 0.584. The Morgan fingerprint density at radius 3 is 2.81 bits per heavy atom. The van der Waals surface area contributed by atoms with E-state index in [4.69, 9.17) is 10.5 Å². The van der Waals surface area contributed by atoms with Crippen LogP contribution in [-0.2, 0) is 0 Å². The topological polar surface area (TPSA) is 50.8 Å². The van der Waals surface area contributed by atoms with Crippen molar-refractivity contribution in [2.45, 2.75) is 19.4 Å². The maximum Gasteiger partial charge on any atom is 0.191 e. The minimum atomic E-state index is -0.346. The molecule has 0 radical (unpaired) electrons. The first-order valence-electron chi connectivity index (χ1n) is 7.24. The molecule has 116 valence electrons. The van der Waals surface area contributed by atoms with Gasteiger partial charge in [-0.2, -0.15) is 11.8 Å². The zero-order valence-corrected chi connectivity index (χ0v) is 13.1. The quantitative estimate of drug-likeness (QED) is 0.670. The fraction of sp³-hybridized carbons (Fsp3) is 0.533. The van der Waals surface area contributed by atoms with Gasteiger partial charge in [0.2, 0.25) is 0 Å². The van der Waals surface area contributed by atoms with E-state index in [1.54, 1.807) is 18.2 Å². The molecule has 1 aromatic rings. The summed E-state index contributed by atoms with van der Waals surface area (Å²) in [7, 11) is 0. The third-order valence-corrected chi connectivity index (χ3v) is 4.32. The molecule has 6 heteroatoms. The van der Waals surface area contributed by atoms with E-state index in [1.165, 1.54) is 6.07 Å². The van der Waals surface area contributed by atoms with Crippen LogP contribution < -0.4 is 10.5 Å². The summed E-state index contributed by atoms with van der Waals surface area (Å²) in [5.41, 5.74) is 6.01. The minimum Gasteiger partial charge on any atom is -0.485 e. The lowest BCUT2D eigenvalue weighted by atomic mass is 10.2. The first-order valence-corrected chi connectivity index (χ1v) is 8.40. The molecule has 0 aromatic heterocycles. The fourth-order valence-corrected chi connectivity index (χ4v) is 2.96. The van der Waals surface area contributed by atoms with Gasteiger partial charge in [0.25, 0.3) is 0 Å². The molecule has 1 fully saturated rings. The Balaban J connectivity index is 1.91. The van der Waals surface area contributed by atoms with E-state index in [1.807, 2.05) is 18.7 Å². The number of nitrogens with two attached hydrogens (primary N) is 1. The molecule has 1 aliphatic heterocycles. The molecule has 1 aromatic carbocycles. The van der Waals surface area contributed by atoms with E-state index in [9.17, 15) is 4.39 Å². The van der Waals surface area contributed by atoms with Gasteiger partial charge < -0.3 is 15.4 Å². The van der Waals surface area contributed by atoms with Crippen LogP contribution in [0.5, 0.6) is 5.75 Å². The summed E-state index contributed by atoms with van der Waals surface area (Å²) < 4.78 is 19.3. The molecule has 0 spiro atoms. The average molecular weight is 311 g/mol. The predicted octanol–water partition coefficient (Wildman–Crippen LogP) is 2.35. The second-order valence-electron chi connectivity index (χ2n) is 4.88. The highest BCUT2D eigenvalue weighted by Crippen LogP contribution is 2.18. The summed E-state index contributed by atoms with van der Waals surface area (Å²) in [4.78, 5) is 6.50. The van der Waals surface area contributed by atoms with Gasteiger partial charge in [0.15, 0.2) is 17.5 Å². The summed E-state index contributed by atoms with van der Waals surface area (Å²) in [5.74, 6) is 2.65. The summed E-state index contributed by atoms with van der Waals surface area (Å²) in [6.45, 7) is 4.31. The van der Waals surface area contributed by atoms with Gasteiger partial charge in [0, 0.05) is 24.6 Å². The van der Waals surface area contributed by atoms with Crippen LogP contribution in [0.1, 0.15) is 13.3 Å². The van der Waals surface area contributed by atoms with E-state index in [0.717, 1.165) is 31.0 Å². The molecule has 2 rings (SSSR count). The number of guanidine groups is 1. The molecule has 0 amide bonds. The normalized spacial score (nSPS) is 17.6. The van der Waals surface area contributed by atoms with E-state index < -0.39 is 0 Å². The van der Waals surface area contributed by atoms with Crippen molar-refractivity contribution in [3.8, 4) is 5.75 Å². The van der Waals surface area contributed by atoms with Gasteiger partial charge in [-0.25, -0.2) is 9.38 Å². The predicted molar refractivity (Wildman–Crippen MR) is 86.5 cm³/mol. The van der Waals surface area contributed by atoms with E-state index >= 15 is 0 Å². The molecule has 21 heavy (non-hydrogen) atoms. The number of hydrogen-bond donors (Lipinski definition) is 1. The number of hydrogen-bond acceptors (Lipinski definition) is 3. The lowest BCUT2D eigenvalue weighted by Crippen LogP contribution is -2.43. The Hall–Kier alpha value is -1.43. The van der Waals surface area contributed by atoms with E-state index in [0.29, 0.717) is 12.5 Å². The monoisotopic (exact) mass is 311 g/mol. The van der Waals surface area contributed by atoms with Crippen molar-refractivity contribution >= 4 is 17.7 Å². The Labute approximate surface area is 129 Å². The minimum absolute atomic E-state index is 0.167. The van der Waals surface area contributed by atoms with Crippen molar-refractivity contribution in [2.75, 3.05) is 31.1 Å². The number of rotatable bonds is 5. The molecule has 1 unspecified atom stereocenters. The molecule has 0 aliphatic carbocycles. The van der Waals surface area contributed by atoms with Crippen LogP contribution in [0.4, 0.5) is 4.39 Å². The molecular formula is C15H22FN3OS. The molecule has 0 bridgehead atoms. The average Bonchev–Trinajstić information content (AvgIpc) is 2.53. The van der Waals surface area contributed by atoms with Gasteiger partial charge in [-0.15, -0.1) is 0 Å². The van der Waals surface area contributed by atoms with Crippen LogP contribution in [0.2, 0.25) is 0 Å². The zero-order valence-electron chi connectivity index (χ0n) is 12.3. The molecule has 2 N–H and O–H groups in total. The van der Waals surface area contributed by atoms with Crippen LogP contribution in [0.3, 0.4) is 0 Å². The third kappa shape index (κ3) is 4.81. The largest absolute Gasteiger partial charge is 0.485 e. The number of para-hydroxylation sites is 1. The second kappa shape index (κ2) is 8.12. The van der Waals surface area contributed by atoms with Crippen molar-refractivity contribution in [2.24, 2.45) is 10.7 Å². The zero-order chi connectivity index (χ0) is 15.1. The molecule has 1 aliphatic rings. The smallest absolute Gasteiger partial charge is 0.191 e. The van der Waals surface area contributed by atoms with Gasteiger partial charge in [0.05, 0.1) is 6.54 Å². The van der Waals surface area contributed by atoms with Crippen LogP contribution >= 0.6 is 11.8 Å². The Morgan fingerprint density at radius 2 is 2.14 bits per heavy atom. The Bertz CT molecular complexity index is 478. The van der Waals surface area contributed by atoms with Gasteiger partial charge in [0.1, 0.15) is 6.10 Å². The maximum absolute atomic E-state index is 13.6. The molecular weight excluding hydrogens is 289 g/mol. The number of nitrogens with zero attached hydrogens (tertiary/aromatic N) is 2. The lowest BCUT2D eigenvalue weighted by Gasteiger charge is -2.27. The van der Waals surface area contributed by atoms with Crippen LogP contribution in [0.25, 0.3) is 0 Å². The number of thioether (sulfide) groups is 1. The van der Waals surface area contributed by atoms with Crippen molar-refractivity contribution < 1.29 is 9.13 Å². The van der Waals surface area contributed by atoms with Crippen LogP contribution in [0.15, 0.2) is 29.3 Å². The number of benzene rings is 1. The number of halogens is 1. The highest BCUT2D eigenvalue weighted by Gasteiger charge is 2.14. The SMILES string of the molecule is CCC(CN=C(N)N1CCSCC1)Oc1ccccc1F. The highest BCUT2D eigenvalue weighted by atomic mass is 32.2. The first-order chi connectivity index (χ1) is 10.2. The maximum atomic E-state index is 13.6. The van der Waals surface area contributed by atoms with Crippen molar-refractivity contribution in [3.05, 3.63) is 30.1 Å². The first kappa shape index (κ1) is 15.9. The van der Waals surface area contributed by atoms with Crippen molar-refractivity contribution in [1.29, 1.82) is 0 Å². The molecule has 0 saturated carbocycles. The second-order valence-corrected chi connectivity index (χ2v) is 6.10. The van der Waals surface area contributed by atoms with Crippen LogP contribution in [-0.4, -0.2) is 48.1 Å². The van der Waals surface area contributed by atoms with Gasteiger partial charge in [-0.1, -0.05) is 19.1 Å². The standard InChI is InChI=1S/C15H22FN3OS/c1-2-12(20-14-6-4-3-5-13(14)16)11-18-15(17)19-7-9-21-10-8-19/h3-6,12H,2,7-11H2,1H3,(H2,17,18). The van der Waals surface area contributed by atoms with E-state index in [2.05, 4.69) is 9.89 Å². The lowest BCUT2D eigenvalue weighted by molar-refractivity contribution is 0.196. The van der Waals surface area contributed by atoms with E-state index in [-0.39, 0.29) is 17.7 Å². The summed E-state index contributed by atoms with van der Waals surface area (Å²) in [5, 5.41) is 0. The third-order valence-electron chi connectivity index (χ3n) is 3.38. The highest BCUT2D eigenvalue weighted by molar-refractivity contribution is 7.99. The Kier molecular flexibility index (Phi) is 6.17. The number of ether oxygens (including phenoxy) is 1. The fourth-order valence-electron chi connectivity index (χ4n) is 2.06. The van der Waals surface area contributed by atoms with Gasteiger partial charge >= 0.3 is 0 Å². The van der Waals surface area contributed by atoms with Crippen molar-refractivity contribution in [3.63, 3.8) is 0 Å². The van der Waals surface area contributed by atoms with Gasteiger partial charge in [-0.05, 0) is 18.6 Å². The number of aliphatic imine (C=N–C) groups is 1. The van der Waals surface area contributed by atoms with Gasteiger partial charge in [-0.3, -0.25) is 0 Å². The molecule has 1 heterocycles. The molecule has 1 atom stereocenters.